The number of nitrogens with one attached hydrogen (secondary N) is 1. The Balaban J connectivity index is 1.82. The van der Waals surface area contributed by atoms with Gasteiger partial charge in [0.2, 0.25) is 0 Å². The molecule has 0 unspecified atom stereocenters. The van der Waals surface area contributed by atoms with Gasteiger partial charge in [-0.3, -0.25) is 4.68 Å². The summed E-state index contributed by atoms with van der Waals surface area (Å²) in [6.07, 6.45) is 2.03. The fraction of sp³-hybridized carbons (Fsp3) is 0.357. The highest BCUT2D eigenvalue weighted by atomic mass is 15.3. The van der Waals surface area contributed by atoms with Gasteiger partial charge in [-0.15, -0.1) is 0 Å². The summed E-state index contributed by atoms with van der Waals surface area (Å²) < 4.78 is 1.99. The summed E-state index contributed by atoms with van der Waals surface area (Å²) in [5.74, 6) is 0. The predicted octanol–water partition coefficient (Wildman–Crippen LogP) is 2.75. The van der Waals surface area contributed by atoms with Crippen LogP contribution in [0.3, 0.4) is 0 Å². The van der Waals surface area contributed by atoms with Crippen molar-refractivity contribution in [2.45, 2.75) is 33.0 Å². The number of hydrogen-bond donors (Lipinski definition) is 1. The minimum Gasteiger partial charge on any atom is -0.307 e. The van der Waals surface area contributed by atoms with Gasteiger partial charge < -0.3 is 5.32 Å². The van der Waals surface area contributed by atoms with Gasteiger partial charge in [0.25, 0.3) is 0 Å². The summed E-state index contributed by atoms with van der Waals surface area (Å²) in [4.78, 5) is 0. The van der Waals surface area contributed by atoms with E-state index in [0.29, 0.717) is 6.04 Å². The lowest BCUT2D eigenvalue weighted by Crippen LogP contribution is -2.13. The lowest BCUT2D eigenvalue weighted by Gasteiger charge is -2.05. The van der Waals surface area contributed by atoms with E-state index in [1.807, 2.05) is 16.9 Å². The van der Waals surface area contributed by atoms with Gasteiger partial charge in [0.1, 0.15) is 0 Å². The van der Waals surface area contributed by atoms with Crippen LogP contribution in [0.4, 0.5) is 0 Å². The Bertz CT molecular complexity index is 446. The van der Waals surface area contributed by atoms with Crippen LogP contribution in [-0.4, -0.2) is 9.78 Å². The zero-order valence-electron chi connectivity index (χ0n) is 10.4. The van der Waals surface area contributed by atoms with Crippen LogP contribution in [-0.2, 0) is 13.1 Å². The first-order valence-electron chi connectivity index (χ1n) is 6.04. The number of nitrogens with zero attached hydrogens (tertiary/aromatic N) is 2. The Morgan fingerprint density at radius 1 is 1.12 bits per heavy atom. The van der Waals surface area contributed by atoms with Crippen molar-refractivity contribution in [3.63, 3.8) is 0 Å². The second-order valence-corrected chi connectivity index (χ2v) is 4.47. The summed E-state index contributed by atoms with van der Waals surface area (Å²) in [7, 11) is 0. The first kappa shape index (κ1) is 11.9. The minimum absolute atomic E-state index is 0.429. The monoisotopic (exact) mass is 229 g/mol. The number of aromatic nitrogens is 2. The van der Waals surface area contributed by atoms with Crippen LogP contribution in [0.15, 0.2) is 42.6 Å². The summed E-state index contributed by atoms with van der Waals surface area (Å²) in [6, 6.07) is 12.9. The van der Waals surface area contributed by atoms with Gasteiger partial charge in [-0.1, -0.05) is 30.3 Å². The van der Waals surface area contributed by atoms with Crippen molar-refractivity contribution >= 4 is 0 Å². The van der Waals surface area contributed by atoms with Crippen molar-refractivity contribution in [3.8, 4) is 0 Å². The lowest BCUT2D eigenvalue weighted by atomic mass is 10.2. The highest BCUT2D eigenvalue weighted by Crippen LogP contribution is 2.04. The van der Waals surface area contributed by atoms with E-state index >= 15 is 0 Å². The Morgan fingerprint density at radius 3 is 2.53 bits per heavy atom. The summed E-state index contributed by atoms with van der Waals surface area (Å²) in [5, 5.41) is 7.89. The van der Waals surface area contributed by atoms with E-state index in [4.69, 9.17) is 0 Å². The number of rotatable bonds is 5. The van der Waals surface area contributed by atoms with Gasteiger partial charge in [0.05, 0.1) is 5.69 Å². The van der Waals surface area contributed by atoms with E-state index in [1.54, 1.807) is 0 Å². The average molecular weight is 229 g/mol. The molecule has 90 valence electrons. The van der Waals surface area contributed by atoms with Gasteiger partial charge in [0.15, 0.2) is 0 Å². The van der Waals surface area contributed by atoms with Gasteiger partial charge in [0, 0.05) is 25.3 Å². The third-order valence-electron chi connectivity index (χ3n) is 2.67. The molecule has 0 saturated heterocycles. The molecule has 17 heavy (non-hydrogen) atoms. The van der Waals surface area contributed by atoms with Gasteiger partial charge in [-0.25, -0.2) is 0 Å². The van der Waals surface area contributed by atoms with Gasteiger partial charge >= 0.3 is 0 Å². The van der Waals surface area contributed by atoms with Gasteiger partial charge in [-0.05, 0) is 25.5 Å². The maximum Gasteiger partial charge on any atom is 0.0762 e. The first-order valence-corrected chi connectivity index (χ1v) is 6.04. The van der Waals surface area contributed by atoms with Gasteiger partial charge in [-0.2, -0.15) is 5.10 Å². The molecule has 1 aromatic carbocycles. The fourth-order valence-corrected chi connectivity index (χ4v) is 1.69. The summed E-state index contributed by atoms with van der Waals surface area (Å²) >= 11 is 0. The number of hydrogen-bond acceptors (Lipinski definition) is 2. The fourth-order valence-electron chi connectivity index (χ4n) is 1.69. The molecule has 2 aromatic rings. The molecule has 3 heteroatoms. The molecule has 0 spiro atoms. The molecule has 0 atom stereocenters. The molecule has 1 N–H and O–H groups in total. The Hall–Kier alpha value is -1.61. The first-order chi connectivity index (χ1) is 8.25. The average Bonchev–Trinajstić information content (AvgIpc) is 2.79. The minimum atomic E-state index is 0.429. The molecule has 0 aliphatic carbocycles. The maximum atomic E-state index is 4.50. The summed E-state index contributed by atoms with van der Waals surface area (Å²) in [5.41, 5.74) is 2.39. The van der Waals surface area contributed by atoms with Crippen LogP contribution in [0.5, 0.6) is 0 Å². The zero-order chi connectivity index (χ0) is 12.1. The van der Waals surface area contributed by atoms with Crippen LogP contribution in [0.25, 0.3) is 0 Å². The Labute approximate surface area is 102 Å². The molecular weight excluding hydrogens is 210 g/mol. The van der Waals surface area contributed by atoms with Crippen LogP contribution in [0, 0.1) is 0 Å². The van der Waals surface area contributed by atoms with Crippen LogP contribution in [0.1, 0.15) is 31.1 Å². The third kappa shape index (κ3) is 3.43. The highest BCUT2D eigenvalue weighted by molar-refractivity contribution is 5.14. The standard InChI is InChI=1S/C14H19N3/c1-12(2)17-9-8-14(16-17)11-15-10-13-6-4-3-5-7-13/h3-9,12,15H,10-11H2,1-2H3. The molecule has 0 aliphatic rings. The zero-order valence-corrected chi connectivity index (χ0v) is 10.4. The van der Waals surface area contributed by atoms with Crippen molar-refractivity contribution < 1.29 is 0 Å². The summed E-state index contributed by atoms with van der Waals surface area (Å²) in [6.45, 7) is 5.96. The highest BCUT2D eigenvalue weighted by Gasteiger charge is 2.01. The largest absolute Gasteiger partial charge is 0.307 e. The van der Waals surface area contributed by atoms with Crippen molar-refractivity contribution in [1.82, 2.24) is 15.1 Å². The molecule has 3 nitrogen and oxygen atoms in total. The van der Waals surface area contributed by atoms with E-state index in [1.165, 1.54) is 5.56 Å². The van der Waals surface area contributed by atoms with Crippen molar-refractivity contribution in [2.75, 3.05) is 0 Å². The Morgan fingerprint density at radius 2 is 1.88 bits per heavy atom. The molecule has 1 aromatic heterocycles. The molecule has 0 amide bonds. The predicted molar refractivity (Wildman–Crippen MR) is 69.6 cm³/mol. The molecule has 2 rings (SSSR count). The molecule has 1 heterocycles. The second kappa shape index (κ2) is 5.64. The smallest absolute Gasteiger partial charge is 0.0762 e. The molecule has 0 aliphatic heterocycles. The number of benzene rings is 1. The Kier molecular flexibility index (Phi) is 3.94. The SMILES string of the molecule is CC(C)n1ccc(CNCc2ccccc2)n1. The second-order valence-electron chi connectivity index (χ2n) is 4.47. The van der Waals surface area contributed by atoms with Crippen molar-refractivity contribution in [2.24, 2.45) is 0 Å². The normalized spacial score (nSPS) is 11.0. The molecule has 0 radical (unpaired) electrons. The molecule has 0 bridgehead atoms. The quantitative estimate of drug-likeness (QED) is 0.854. The van der Waals surface area contributed by atoms with E-state index in [2.05, 4.69) is 54.6 Å². The van der Waals surface area contributed by atoms with Crippen LogP contribution < -0.4 is 5.32 Å². The van der Waals surface area contributed by atoms with E-state index in [-0.39, 0.29) is 0 Å². The van der Waals surface area contributed by atoms with Crippen molar-refractivity contribution in [1.29, 1.82) is 0 Å². The van der Waals surface area contributed by atoms with E-state index in [0.717, 1.165) is 18.8 Å². The molecule has 0 saturated carbocycles. The lowest BCUT2D eigenvalue weighted by molar-refractivity contribution is 0.521. The molecular formula is C14H19N3. The van der Waals surface area contributed by atoms with E-state index in [9.17, 15) is 0 Å². The maximum absolute atomic E-state index is 4.50. The third-order valence-corrected chi connectivity index (χ3v) is 2.67. The van der Waals surface area contributed by atoms with Crippen LogP contribution in [0.2, 0.25) is 0 Å². The molecule has 0 fully saturated rings. The van der Waals surface area contributed by atoms with Crippen LogP contribution >= 0.6 is 0 Å². The van der Waals surface area contributed by atoms with E-state index < -0.39 is 0 Å². The topological polar surface area (TPSA) is 29.9 Å². The van der Waals surface area contributed by atoms with Crippen molar-refractivity contribution in [3.05, 3.63) is 53.9 Å².